The van der Waals surface area contributed by atoms with Crippen LogP contribution in [0.5, 0.6) is 0 Å². The molecule has 0 spiro atoms. The number of halogens is 1. The molecule has 0 fully saturated rings. The van der Waals surface area contributed by atoms with Crippen molar-refractivity contribution in [1.29, 1.82) is 0 Å². The highest BCUT2D eigenvalue weighted by Crippen LogP contribution is 2.05. The Morgan fingerprint density at radius 2 is 2.50 bits per heavy atom. The van der Waals surface area contributed by atoms with Gasteiger partial charge in [0.25, 0.3) is 5.91 Å². The van der Waals surface area contributed by atoms with E-state index in [9.17, 15) is 9.18 Å². The lowest BCUT2D eigenvalue weighted by atomic mass is 10.4. The molecule has 0 unspecified atom stereocenters. The zero-order chi connectivity index (χ0) is 9.14. The Labute approximate surface area is 69.4 Å². The Hall–Kier alpha value is -1.39. The van der Waals surface area contributed by atoms with Crippen molar-refractivity contribution in [2.24, 2.45) is 7.05 Å². The van der Waals surface area contributed by atoms with E-state index in [0.717, 1.165) is 5.69 Å². The van der Waals surface area contributed by atoms with Crippen molar-refractivity contribution in [1.82, 2.24) is 9.78 Å². The number of alkyl halides is 1. The molecule has 12 heavy (non-hydrogen) atoms. The summed E-state index contributed by atoms with van der Waals surface area (Å²) in [5.41, 5.74) is 0.907. The summed E-state index contributed by atoms with van der Waals surface area (Å²) < 4.78 is 13.3. The number of hydrogen-bond donors (Lipinski definition) is 1. The van der Waals surface area contributed by atoms with E-state index in [1.54, 1.807) is 17.8 Å². The zero-order valence-corrected chi connectivity index (χ0v) is 6.97. The van der Waals surface area contributed by atoms with Crippen LogP contribution in [0.25, 0.3) is 0 Å². The monoisotopic (exact) mass is 171 g/mol. The molecule has 0 aliphatic heterocycles. The van der Waals surface area contributed by atoms with E-state index in [-0.39, 0.29) is 0 Å². The van der Waals surface area contributed by atoms with Crippen molar-refractivity contribution in [2.45, 2.75) is 6.92 Å². The van der Waals surface area contributed by atoms with E-state index >= 15 is 0 Å². The second-order valence-corrected chi connectivity index (χ2v) is 2.48. The van der Waals surface area contributed by atoms with Crippen LogP contribution in [0.15, 0.2) is 6.07 Å². The lowest BCUT2D eigenvalue weighted by Gasteiger charge is -1.94. The van der Waals surface area contributed by atoms with Crippen molar-refractivity contribution < 1.29 is 9.18 Å². The summed E-state index contributed by atoms with van der Waals surface area (Å²) in [4.78, 5) is 10.6. The summed E-state index contributed by atoms with van der Waals surface area (Å²) >= 11 is 0. The number of carbonyl (C=O) groups is 1. The molecule has 1 aromatic rings. The average molecular weight is 171 g/mol. The van der Waals surface area contributed by atoms with Crippen molar-refractivity contribution in [3.63, 3.8) is 0 Å². The Kier molecular flexibility index (Phi) is 2.42. The van der Waals surface area contributed by atoms with Gasteiger partial charge in [0.2, 0.25) is 0 Å². The van der Waals surface area contributed by atoms with Gasteiger partial charge in [-0.2, -0.15) is 5.10 Å². The van der Waals surface area contributed by atoms with Gasteiger partial charge in [0.1, 0.15) is 0 Å². The molecular formula is C7H10FN3O. The van der Waals surface area contributed by atoms with Gasteiger partial charge in [-0.05, 0) is 6.92 Å². The van der Waals surface area contributed by atoms with E-state index in [1.165, 1.54) is 0 Å². The van der Waals surface area contributed by atoms with Crippen LogP contribution in [0.3, 0.4) is 0 Å². The van der Waals surface area contributed by atoms with Crippen LogP contribution >= 0.6 is 0 Å². The summed E-state index contributed by atoms with van der Waals surface area (Å²) in [6.45, 7) is 0.827. The van der Waals surface area contributed by atoms with Gasteiger partial charge in [0.05, 0.1) is 0 Å². The third kappa shape index (κ3) is 1.81. The first kappa shape index (κ1) is 8.70. The molecule has 0 aliphatic rings. The van der Waals surface area contributed by atoms with E-state index < -0.39 is 12.6 Å². The first-order valence-electron chi connectivity index (χ1n) is 3.50. The molecule has 0 saturated heterocycles. The van der Waals surface area contributed by atoms with Gasteiger partial charge in [-0.1, -0.05) is 0 Å². The maximum Gasteiger partial charge on any atom is 0.256 e. The van der Waals surface area contributed by atoms with Crippen LogP contribution in [-0.4, -0.2) is 22.4 Å². The fourth-order valence-corrected chi connectivity index (χ4v) is 0.798. The van der Waals surface area contributed by atoms with Crippen molar-refractivity contribution in [3.8, 4) is 0 Å². The van der Waals surface area contributed by atoms with Crippen molar-refractivity contribution in [3.05, 3.63) is 11.8 Å². The standard InChI is InChI=1S/C7H10FN3O/c1-5-3-6(10-11(5)2)9-7(12)4-8/h3H,4H2,1-2H3,(H,9,10,12). The predicted octanol–water partition coefficient (Wildman–Crippen LogP) is 0.637. The minimum absolute atomic E-state index is 0.387. The van der Waals surface area contributed by atoms with Crippen LogP contribution in [-0.2, 0) is 11.8 Å². The number of hydrogen-bond acceptors (Lipinski definition) is 2. The molecule has 4 nitrogen and oxygen atoms in total. The van der Waals surface area contributed by atoms with Crippen LogP contribution in [0.1, 0.15) is 5.69 Å². The summed E-state index contributed by atoms with van der Waals surface area (Å²) in [7, 11) is 1.75. The summed E-state index contributed by atoms with van der Waals surface area (Å²) in [6.07, 6.45) is 0. The van der Waals surface area contributed by atoms with Crippen molar-refractivity contribution >= 4 is 11.7 Å². The molecule has 0 aliphatic carbocycles. The SMILES string of the molecule is Cc1cc(NC(=O)CF)nn1C. The lowest BCUT2D eigenvalue weighted by molar-refractivity contribution is -0.117. The second-order valence-electron chi connectivity index (χ2n) is 2.48. The van der Waals surface area contributed by atoms with Gasteiger partial charge in [-0.15, -0.1) is 0 Å². The highest BCUT2D eigenvalue weighted by Gasteiger charge is 2.04. The van der Waals surface area contributed by atoms with Crippen LogP contribution in [0, 0.1) is 6.92 Å². The first-order valence-corrected chi connectivity index (χ1v) is 3.50. The summed E-state index contributed by atoms with van der Waals surface area (Å²) in [5, 5.41) is 6.22. The molecule has 1 heterocycles. The fourth-order valence-electron chi connectivity index (χ4n) is 0.798. The maximum atomic E-state index is 11.7. The topological polar surface area (TPSA) is 46.9 Å². The van der Waals surface area contributed by atoms with Gasteiger partial charge in [0, 0.05) is 18.8 Å². The van der Waals surface area contributed by atoms with Gasteiger partial charge in [-0.25, -0.2) is 4.39 Å². The summed E-state index contributed by atoms with van der Waals surface area (Å²) in [6, 6.07) is 1.67. The Bertz CT molecular complexity index is 275. The maximum absolute atomic E-state index is 11.7. The van der Waals surface area contributed by atoms with Crippen molar-refractivity contribution in [2.75, 3.05) is 12.0 Å². The summed E-state index contributed by atoms with van der Waals surface area (Å²) in [5.74, 6) is -0.286. The molecule has 0 aromatic carbocycles. The van der Waals surface area contributed by atoms with Gasteiger partial charge < -0.3 is 5.32 Å². The number of anilines is 1. The van der Waals surface area contributed by atoms with E-state index in [0.29, 0.717) is 5.82 Å². The number of amides is 1. The number of nitrogens with one attached hydrogen (secondary N) is 1. The molecule has 5 heteroatoms. The molecule has 1 aromatic heterocycles. The third-order valence-electron chi connectivity index (χ3n) is 1.50. The Morgan fingerprint density at radius 3 is 2.92 bits per heavy atom. The normalized spacial score (nSPS) is 9.92. The second kappa shape index (κ2) is 3.34. The zero-order valence-electron chi connectivity index (χ0n) is 6.97. The van der Waals surface area contributed by atoms with Crippen LogP contribution in [0.4, 0.5) is 10.2 Å². The molecule has 0 saturated carbocycles. The number of rotatable bonds is 2. The molecule has 1 N–H and O–H groups in total. The minimum atomic E-state index is -1.02. The van der Waals surface area contributed by atoms with E-state index in [2.05, 4.69) is 10.4 Å². The average Bonchev–Trinajstić information content (AvgIpc) is 2.31. The van der Waals surface area contributed by atoms with E-state index in [1.807, 2.05) is 6.92 Å². The molecule has 1 amide bonds. The minimum Gasteiger partial charge on any atom is -0.307 e. The largest absolute Gasteiger partial charge is 0.307 e. The van der Waals surface area contributed by atoms with Gasteiger partial charge in [-0.3, -0.25) is 9.48 Å². The third-order valence-corrected chi connectivity index (χ3v) is 1.50. The number of carbonyl (C=O) groups excluding carboxylic acids is 1. The van der Waals surface area contributed by atoms with Crippen LogP contribution < -0.4 is 5.32 Å². The highest BCUT2D eigenvalue weighted by atomic mass is 19.1. The number of nitrogens with zero attached hydrogens (tertiary/aromatic N) is 2. The molecule has 1 rings (SSSR count). The Morgan fingerprint density at radius 1 is 1.83 bits per heavy atom. The van der Waals surface area contributed by atoms with Gasteiger partial charge >= 0.3 is 0 Å². The molecular weight excluding hydrogens is 161 g/mol. The fraction of sp³-hybridized carbons (Fsp3) is 0.429. The number of aryl methyl sites for hydroxylation is 2. The first-order chi connectivity index (χ1) is 5.63. The Balaban J connectivity index is 2.70. The van der Waals surface area contributed by atoms with E-state index in [4.69, 9.17) is 0 Å². The van der Waals surface area contributed by atoms with Gasteiger partial charge in [0.15, 0.2) is 12.5 Å². The lowest BCUT2D eigenvalue weighted by Crippen LogP contribution is -2.13. The number of aromatic nitrogens is 2. The molecule has 66 valence electrons. The smallest absolute Gasteiger partial charge is 0.256 e. The molecule has 0 atom stereocenters. The molecule has 0 radical (unpaired) electrons. The quantitative estimate of drug-likeness (QED) is 0.709. The predicted molar refractivity (Wildman–Crippen MR) is 42.5 cm³/mol. The van der Waals surface area contributed by atoms with Crippen LogP contribution in [0.2, 0.25) is 0 Å². The highest BCUT2D eigenvalue weighted by molar-refractivity contribution is 5.90. The molecule has 0 bridgehead atoms.